The first kappa shape index (κ1) is 23.7. The number of para-hydroxylation sites is 1. The zero-order chi connectivity index (χ0) is 23.5. The van der Waals surface area contributed by atoms with E-state index in [0.29, 0.717) is 17.8 Å². The van der Waals surface area contributed by atoms with Crippen LogP contribution in [0.2, 0.25) is 0 Å². The number of aromatic nitrogens is 2. The predicted molar refractivity (Wildman–Crippen MR) is 118 cm³/mol. The van der Waals surface area contributed by atoms with E-state index >= 15 is 0 Å². The van der Waals surface area contributed by atoms with Crippen molar-refractivity contribution in [2.75, 3.05) is 6.54 Å². The maximum atomic E-state index is 14.7. The molecule has 1 aromatic carbocycles. The highest BCUT2D eigenvalue weighted by Crippen LogP contribution is 2.29. The molecule has 174 valence electrons. The number of nitrogens with one attached hydrogen (secondary N) is 2. The van der Waals surface area contributed by atoms with E-state index in [9.17, 15) is 18.8 Å². The number of hydrogen-bond acceptors (Lipinski definition) is 4. The number of hydrogen-bond donors (Lipinski definition) is 3. The molecule has 1 atom stereocenters. The molecule has 1 saturated carbocycles. The number of carbonyl (C=O) groups is 3. The van der Waals surface area contributed by atoms with Crippen LogP contribution < -0.4 is 10.6 Å². The Morgan fingerprint density at radius 1 is 1.22 bits per heavy atom. The minimum absolute atomic E-state index is 0.0515. The first-order chi connectivity index (χ1) is 15.1. The van der Waals surface area contributed by atoms with Gasteiger partial charge in [-0.25, -0.2) is 4.39 Å². The van der Waals surface area contributed by atoms with Crippen LogP contribution in [0.5, 0.6) is 0 Å². The summed E-state index contributed by atoms with van der Waals surface area (Å²) in [6, 6.07) is 3.53. The molecule has 0 spiro atoms. The van der Waals surface area contributed by atoms with E-state index in [1.807, 2.05) is 0 Å². The predicted octanol–water partition coefficient (Wildman–Crippen LogP) is 3.10. The van der Waals surface area contributed by atoms with E-state index in [1.54, 1.807) is 31.5 Å². The van der Waals surface area contributed by atoms with E-state index in [2.05, 4.69) is 15.7 Å². The molecule has 2 aromatic rings. The molecule has 1 heterocycles. The van der Waals surface area contributed by atoms with E-state index in [4.69, 9.17) is 5.11 Å². The minimum atomic E-state index is -1.18. The Morgan fingerprint density at radius 2 is 1.91 bits per heavy atom. The maximum Gasteiger partial charge on any atom is 0.322 e. The Bertz CT molecular complexity index is 1010. The van der Waals surface area contributed by atoms with Crippen molar-refractivity contribution < 1.29 is 23.9 Å². The van der Waals surface area contributed by atoms with Crippen LogP contribution in [0.15, 0.2) is 18.2 Å². The first-order valence-corrected chi connectivity index (χ1v) is 11.0. The molecule has 8 nitrogen and oxygen atoms in total. The number of carboxylic acids is 1. The van der Waals surface area contributed by atoms with Crippen molar-refractivity contribution in [1.29, 1.82) is 0 Å². The summed E-state index contributed by atoms with van der Waals surface area (Å²) in [4.78, 5) is 36.6. The summed E-state index contributed by atoms with van der Waals surface area (Å²) in [5.74, 6) is -2.46. The second kappa shape index (κ2) is 9.67. The number of carboxylic acid groups (broad SMARTS) is 1. The number of halogens is 1. The molecule has 32 heavy (non-hydrogen) atoms. The quantitative estimate of drug-likeness (QED) is 0.605. The van der Waals surface area contributed by atoms with E-state index in [1.165, 1.54) is 18.6 Å². The van der Waals surface area contributed by atoms with Gasteiger partial charge in [0.15, 0.2) is 5.69 Å². The molecule has 3 rings (SSSR count). The Kier molecular flexibility index (Phi) is 7.16. The van der Waals surface area contributed by atoms with Crippen molar-refractivity contribution in [3.05, 3.63) is 29.7 Å². The van der Waals surface area contributed by atoms with Crippen molar-refractivity contribution in [3.63, 3.8) is 0 Å². The Balaban J connectivity index is 1.90. The number of nitrogens with zero attached hydrogens (tertiary/aromatic N) is 2. The smallest absolute Gasteiger partial charge is 0.322 e. The fourth-order valence-corrected chi connectivity index (χ4v) is 4.25. The number of carbonyl (C=O) groups excluding carboxylic acids is 2. The molecule has 1 aliphatic rings. The molecule has 1 unspecified atom stereocenters. The Morgan fingerprint density at radius 3 is 2.53 bits per heavy atom. The lowest BCUT2D eigenvalue weighted by molar-refractivity contribution is -0.138. The number of benzene rings is 1. The lowest BCUT2D eigenvalue weighted by atomic mass is 9.86. The van der Waals surface area contributed by atoms with Crippen LogP contribution >= 0.6 is 0 Å². The molecule has 0 aliphatic heterocycles. The molecule has 1 aliphatic carbocycles. The summed E-state index contributed by atoms with van der Waals surface area (Å²) in [6.45, 7) is 5.27. The second-order valence-electron chi connectivity index (χ2n) is 9.55. The van der Waals surface area contributed by atoms with Gasteiger partial charge in [0.2, 0.25) is 5.91 Å². The average Bonchev–Trinajstić information content (AvgIpc) is 3.09. The average molecular weight is 447 g/mol. The molecule has 0 saturated heterocycles. The van der Waals surface area contributed by atoms with Gasteiger partial charge in [0.05, 0.1) is 0 Å². The number of rotatable bonds is 7. The van der Waals surface area contributed by atoms with Gasteiger partial charge in [0.1, 0.15) is 23.9 Å². The minimum Gasteiger partial charge on any atom is -0.480 e. The third kappa shape index (κ3) is 5.44. The lowest BCUT2D eigenvalue weighted by Crippen LogP contribution is -2.54. The van der Waals surface area contributed by atoms with Gasteiger partial charge in [-0.3, -0.25) is 19.1 Å². The van der Waals surface area contributed by atoms with Crippen LogP contribution in [0.1, 0.15) is 63.4 Å². The lowest BCUT2D eigenvalue weighted by Gasteiger charge is -2.30. The molecule has 1 fully saturated rings. The standard InChI is InChI=1S/C23H31FN4O4/c1-23(2,3)20(22(32)25-12-17(29)30)26-21(31)18-15-10-7-11-16(24)19(15)28(27-18)13-14-8-5-4-6-9-14/h7,10-11,14,20H,4-6,8-9,12-13H2,1-3H3,(H,25,32)(H,26,31)(H,29,30). The normalized spacial score (nSPS) is 16.0. The van der Waals surface area contributed by atoms with Crippen molar-refractivity contribution in [3.8, 4) is 0 Å². The monoisotopic (exact) mass is 446 g/mol. The summed E-state index contributed by atoms with van der Waals surface area (Å²) >= 11 is 0. The van der Waals surface area contributed by atoms with Crippen LogP contribution in [0.3, 0.4) is 0 Å². The van der Waals surface area contributed by atoms with Crippen LogP contribution in [-0.4, -0.2) is 45.3 Å². The Hall–Kier alpha value is -2.97. The van der Waals surface area contributed by atoms with Gasteiger partial charge >= 0.3 is 5.97 Å². The van der Waals surface area contributed by atoms with Crippen LogP contribution in [0.25, 0.3) is 10.9 Å². The van der Waals surface area contributed by atoms with Gasteiger partial charge in [-0.05, 0) is 30.2 Å². The topological polar surface area (TPSA) is 113 Å². The SMILES string of the molecule is CC(C)(C)C(NC(=O)c1nn(CC2CCCCC2)c2c(F)cccc12)C(=O)NCC(=O)O. The highest BCUT2D eigenvalue weighted by atomic mass is 19.1. The van der Waals surface area contributed by atoms with E-state index in [0.717, 1.165) is 25.7 Å². The Labute approximate surface area is 186 Å². The summed E-state index contributed by atoms with van der Waals surface area (Å²) in [7, 11) is 0. The van der Waals surface area contributed by atoms with Crippen molar-refractivity contribution >= 4 is 28.7 Å². The van der Waals surface area contributed by atoms with Gasteiger partial charge in [-0.15, -0.1) is 0 Å². The molecule has 1 aromatic heterocycles. The molecule has 0 radical (unpaired) electrons. The van der Waals surface area contributed by atoms with Gasteiger partial charge in [0, 0.05) is 11.9 Å². The van der Waals surface area contributed by atoms with Crippen molar-refractivity contribution in [1.82, 2.24) is 20.4 Å². The number of fused-ring (bicyclic) bond motifs is 1. The molecular formula is C23H31FN4O4. The van der Waals surface area contributed by atoms with Crippen LogP contribution in [0, 0.1) is 17.2 Å². The summed E-state index contributed by atoms with van der Waals surface area (Å²) in [5.41, 5.74) is -0.356. The van der Waals surface area contributed by atoms with Crippen molar-refractivity contribution in [2.24, 2.45) is 11.3 Å². The maximum absolute atomic E-state index is 14.7. The second-order valence-corrected chi connectivity index (χ2v) is 9.55. The fourth-order valence-electron chi connectivity index (χ4n) is 4.25. The zero-order valence-corrected chi connectivity index (χ0v) is 18.8. The molecule has 9 heteroatoms. The highest BCUT2D eigenvalue weighted by molar-refractivity contribution is 6.06. The third-order valence-electron chi connectivity index (χ3n) is 5.91. The van der Waals surface area contributed by atoms with Gasteiger partial charge in [0.25, 0.3) is 5.91 Å². The first-order valence-electron chi connectivity index (χ1n) is 11.0. The highest BCUT2D eigenvalue weighted by Gasteiger charge is 2.34. The summed E-state index contributed by atoms with van der Waals surface area (Å²) in [6.07, 6.45) is 5.58. The van der Waals surface area contributed by atoms with Gasteiger partial charge < -0.3 is 15.7 Å². The fraction of sp³-hybridized carbons (Fsp3) is 0.565. The third-order valence-corrected chi connectivity index (χ3v) is 5.91. The molecule has 2 amide bonds. The van der Waals surface area contributed by atoms with Crippen molar-refractivity contribution in [2.45, 2.75) is 65.5 Å². The largest absolute Gasteiger partial charge is 0.480 e. The van der Waals surface area contributed by atoms with E-state index in [-0.39, 0.29) is 11.2 Å². The zero-order valence-electron chi connectivity index (χ0n) is 18.8. The number of amides is 2. The number of aliphatic carboxylic acids is 1. The van der Waals surface area contributed by atoms with Crippen LogP contribution in [-0.2, 0) is 16.1 Å². The summed E-state index contributed by atoms with van der Waals surface area (Å²) < 4.78 is 16.3. The summed E-state index contributed by atoms with van der Waals surface area (Å²) in [5, 5.41) is 18.7. The van der Waals surface area contributed by atoms with E-state index < -0.39 is 41.6 Å². The molecular weight excluding hydrogens is 415 g/mol. The van der Waals surface area contributed by atoms with Crippen LogP contribution in [0.4, 0.5) is 4.39 Å². The van der Waals surface area contributed by atoms with Gasteiger partial charge in [-0.2, -0.15) is 5.10 Å². The molecule has 3 N–H and O–H groups in total. The van der Waals surface area contributed by atoms with Gasteiger partial charge in [-0.1, -0.05) is 52.2 Å². The molecule has 0 bridgehead atoms.